The third kappa shape index (κ3) is 3.37. The molecule has 1 saturated heterocycles. The number of Topliss-reactive ketones (excluding diaryl/α,β-unsaturated/α-hetero) is 1. The van der Waals surface area contributed by atoms with Crippen LogP contribution in [-0.2, 0) is 19.9 Å². The highest BCUT2D eigenvalue weighted by atomic mass is 35.5. The summed E-state index contributed by atoms with van der Waals surface area (Å²) >= 11 is 13.1. The maximum absolute atomic E-state index is 12.5. The largest absolute Gasteiger partial charge is 0.468 e. The molecule has 0 bridgehead atoms. The van der Waals surface area contributed by atoms with Crippen LogP contribution in [0.15, 0.2) is 48.5 Å². The molecule has 1 heterocycles. The van der Waals surface area contributed by atoms with Crippen molar-refractivity contribution < 1.29 is 14.3 Å². The summed E-state index contributed by atoms with van der Waals surface area (Å²) in [6, 6.07) is 14.7. The number of methoxy groups -OCH3 is 1. The Kier molecular flexibility index (Phi) is 5.66. The fourth-order valence-corrected chi connectivity index (χ4v) is 4.22. The van der Waals surface area contributed by atoms with Crippen molar-refractivity contribution in [2.75, 3.05) is 20.2 Å². The fraction of sp³-hybridized carbons (Fsp3) is 0.300. The Labute approximate surface area is 162 Å². The van der Waals surface area contributed by atoms with E-state index in [4.69, 9.17) is 27.9 Å². The van der Waals surface area contributed by atoms with Gasteiger partial charge in [-0.25, -0.2) is 0 Å². The molecule has 2 aromatic carbocycles. The number of nitrogens with zero attached hydrogens (tertiary/aromatic N) is 1. The highest BCUT2D eigenvalue weighted by Crippen LogP contribution is 2.47. The molecule has 0 atom stereocenters. The Morgan fingerprint density at radius 3 is 2.12 bits per heavy atom. The van der Waals surface area contributed by atoms with Crippen molar-refractivity contribution in [1.29, 1.82) is 0 Å². The van der Waals surface area contributed by atoms with Crippen LogP contribution >= 0.6 is 23.2 Å². The number of benzene rings is 2. The van der Waals surface area contributed by atoms with E-state index in [9.17, 15) is 9.59 Å². The van der Waals surface area contributed by atoms with Gasteiger partial charge in [-0.1, -0.05) is 59.6 Å². The molecule has 3 rings (SSSR count). The van der Waals surface area contributed by atoms with Crippen LogP contribution in [0.2, 0.25) is 10.0 Å². The number of ether oxygens (including phenoxy) is 1. The van der Waals surface area contributed by atoms with Crippen LogP contribution < -0.4 is 0 Å². The van der Waals surface area contributed by atoms with E-state index in [1.807, 2.05) is 41.3 Å². The predicted molar refractivity (Wildman–Crippen MR) is 102 cm³/mol. The molecule has 26 heavy (non-hydrogen) atoms. The normalized spacial score (nSPS) is 17.1. The summed E-state index contributed by atoms with van der Waals surface area (Å²) < 4.78 is 4.87. The first-order valence-corrected chi connectivity index (χ1v) is 9.08. The van der Waals surface area contributed by atoms with Gasteiger partial charge in [0, 0.05) is 29.4 Å². The Hall–Kier alpha value is -1.88. The molecule has 136 valence electrons. The molecule has 0 saturated carbocycles. The number of carbonyl (C=O) groups is 2. The summed E-state index contributed by atoms with van der Waals surface area (Å²) in [4.78, 5) is 26.5. The van der Waals surface area contributed by atoms with Crippen molar-refractivity contribution >= 4 is 35.0 Å². The lowest BCUT2D eigenvalue weighted by Crippen LogP contribution is -2.54. The molecule has 0 aliphatic carbocycles. The maximum Gasteiger partial charge on any atom is 0.319 e. The van der Waals surface area contributed by atoms with E-state index in [1.54, 1.807) is 12.1 Å². The SMILES string of the molecule is COC(=O)CN1CCC(=O)CC1(c1ccccc1Cl)c1ccccc1Cl. The highest BCUT2D eigenvalue weighted by Gasteiger charge is 2.47. The maximum atomic E-state index is 12.5. The first-order valence-electron chi connectivity index (χ1n) is 8.32. The number of halogens is 2. The molecule has 4 nitrogen and oxygen atoms in total. The van der Waals surface area contributed by atoms with E-state index in [0.717, 1.165) is 11.1 Å². The van der Waals surface area contributed by atoms with E-state index in [-0.39, 0.29) is 24.7 Å². The average Bonchev–Trinajstić information content (AvgIpc) is 2.64. The van der Waals surface area contributed by atoms with Gasteiger partial charge < -0.3 is 4.74 Å². The van der Waals surface area contributed by atoms with E-state index in [0.29, 0.717) is 23.0 Å². The summed E-state index contributed by atoms with van der Waals surface area (Å²) in [5.41, 5.74) is 0.596. The first-order chi connectivity index (χ1) is 12.5. The van der Waals surface area contributed by atoms with Gasteiger partial charge in [0.15, 0.2) is 0 Å². The molecular weight excluding hydrogens is 373 g/mol. The summed E-state index contributed by atoms with van der Waals surface area (Å²) in [6.07, 6.45) is 0.561. The number of hydrogen-bond acceptors (Lipinski definition) is 4. The summed E-state index contributed by atoms with van der Waals surface area (Å²) in [5.74, 6) is -0.270. The number of esters is 1. The van der Waals surface area contributed by atoms with Crippen molar-refractivity contribution in [1.82, 2.24) is 4.90 Å². The van der Waals surface area contributed by atoms with Crippen LogP contribution in [0.4, 0.5) is 0 Å². The van der Waals surface area contributed by atoms with Crippen LogP contribution in [0.5, 0.6) is 0 Å². The van der Waals surface area contributed by atoms with Gasteiger partial charge in [-0.15, -0.1) is 0 Å². The molecular formula is C20H19Cl2NO3. The van der Waals surface area contributed by atoms with Crippen LogP contribution in [0.1, 0.15) is 24.0 Å². The second kappa shape index (κ2) is 7.78. The Morgan fingerprint density at radius 1 is 1.08 bits per heavy atom. The van der Waals surface area contributed by atoms with Crippen LogP contribution in [0, 0.1) is 0 Å². The van der Waals surface area contributed by atoms with Gasteiger partial charge in [-0.05, 0) is 23.3 Å². The molecule has 1 aliphatic heterocycles. The zero-order chi connectivity index (χ0) is 18.7. The van der Waals surface area contributed by atoms with Crippen LogP contribution in [0.3, 0.4) is 0 Å². The van der Waals surface area contributed by atoms with Gasteiger partial charge in [0.2, 0.25) is 0 Å². The van der Waals surface area contributed by atoms with Gasteiger partial charge >= 0.3 is 5.97 Å². The molecule has 2 aromatic rings. The lowest BCUT2D eigenvalue weighted by Gasteiger charge is -2.47. The van der Waals surface area contributed by atoms with Crippen LogP contribution in [0.25, 0.3) is 0 Å². The second-order valence-electron chi connectivity index (χ2n) is 6.28. The van der Waals surface area contributed by atoms with Crippen molar-refractivity contribution in [3.63, 3.8) is 0 Å². The minimum absolute atomic E-state index is 0.0419. The topological polar surface area (TPSA) is 46.6 Å². The third-order valence-corrected chi connectivity index (χ3v) is 5.50. The van der Waals surface area contributed by atoms with Crippen molar-refractivity contribution in [3.8, 4) is 0 Å². The lowest BCUT2D eigenvalue weighted by molar-refractivity contribution is -0.145. The van der Waals surface area contributed by atoms with E-state index >= 15 is 0 Å². The van der Waals surface area contributed by atoms with Gasteiger partial charge in [0.25, 0.3) is 0 Å². The summed E-state index contributed by atoms with van der Waals surface area (Å²) in [6.45, 7) is 0.463. The minimum atomic E-state index is -0.916. The zero-order valence-corrected chi connectivity index (χ0v) is 15.9. The van der Waals surface area contributed by atoms with E-state index in [2.05, 4.69) is 0 Å². The number of likely N-dealkylation sites (tertiary alicyclic amines) is 1. The quantitative estimate of drug-likeness (QED) is 0.736. The molecule has 1 aliphatic rings. The van der Waals surface area contributed by atoms with E-state index in [1.165, 1.54) is 7.11 Å². The standard InChI is InChI=1S/C20H19Cl2NO3/c1-26-19(25)13-23-11-10-14(24)12-20(23,15-6-2-4-8-17(15)21)16-7-3-5-9-18(16)22/h2-9H,10-13H2,1H3. The Morgan fingerprint density at radius 2 is 1.62 bits per heavy atom. The first kappa shape index (κ1) is 18.9. The number of hydrogen-bond donors (Lipinski definition) is 0. The van der Waals surface area contributed by atoms with Gasteiger partial charge in [0.1, 0.15) is 5.78 Å². The third-order valence-electron chi connectivity index (χ3n) is 4.84. The number of rotatable bonds is 4. The lowest BCUT2D eigenvalue weighted by atomic mass is 9.74. The summed E-state index contributed by atoms with van der Waals surface area (Å²) in [5, 5.41) is 1.05. The van der Waals surface area contributed by atoms with Crippen molar-refractivity contribution in [3.05, 3.63) is 69.7 Å². The molecule has 0 amide bonds. The molecule has 0 aromatic heterocycles. The molecule has 0 spiro atoms. The number of piperidine rings is 1. The Bertz CT molecular complexity index is 792. The van der Waals surface area contributed by atoms with Crippen molar-refractivity contribution in [2.45, 2.75) is 18.4 Å². The monoisotopic (exact) mass is 391 g/mol. The Balaban J connectivity index is 2.27. The summed E-state index contributed by atoms with van der Waals surface area (Å²) in [7, 11) is 1.35. The molecule has 6 heteroatoms. The average molecular weight is 392 g/mol. The highest BCUT2D eigenvalue weighted by molar-refractivity contribution is 6.32. The van der Waals surface area contributed by atoms with Crippen LogP contribution in [-0.4, -0.2) is 36.9 Å². The van der Waals surface area contributed by atoms with Gasteiger partial charge in [-0.2, -0.15) is 0 Å². The molecule has 0 radical (unpaired) electrons. The second-order valence-corrected chi connectivity index (χ2v) is 7.10. The molecule has 0 unspecified atom stereocenters. The predicted octanol–water partition coefficient (Wildman–Crippen LogP) is 4.07. The van der Waals surface area contributed by atoms with Crippen molar-refractivity contribution in [2.24, 2.45) is 0 Å². The fourth-order valence-electron chi connectivity index (χ4n) is 3.64. The molecule has 1 fully saturated rings. The number of ketones is 1. The van der Waals surface area contributed by atoms with E-state index < -0.39 is 5.54 Å². The minimum Gasteiger partial charge on any atom is -0.468 e. The zero-order valence-electron chi connectivity index (χ0n) is 14.4. The smallest absolute Gasteiger partial charge is 0.319 e. The van der Waals surface area contributed by atoms with Gasteiger partial charge in [0.05, 0.1) is 19.2 Å². The van der Waals surface area contributed by atoms with Gasteiger partial charge in [-0.3, -0.25) is 14.5 Å². The number of carbonyl (C=O) groups excluding carboxylic acids is 2. The molecule has 0 N–H and O–H groups in total.